The predicted molar refractivity (Wildman–Crippen MR) is 112 cm³/mol. The molecule has 0 aliphatic heterocycles. The Hall–Kier alpha value is -3.67. The van der Waals surface area contributed by atoms with E-state index in [1.807, 2.05) is 43.3 Å². The average Bonchev–Trinajstić information content (AvgIpc) is 3.06. The van der Waals surface area contributed by atoms with Gasteiger partial charge in [0.2, 0.25) is 0 Å². The maximum Gasteiger partial charge on any atom is 0.407 e. The SMILES string of the molecule is Cc1ccc(C(CC(=O)O)NC(=O)OCC2c3ccccc3-c3ccccc32)cn1. The first-order valence-corrected chi connectivity index (χ1v) is 9.79. The van der Waals surface area contributed by atoms with Crippen LogP contribution in [0.25, 0.3) is 11.1 Å². The number of carbonyl (C=O) groups excluding carboxylic acids is 1. The van der Waals surface area contributed by atoms with Crippen molar-refractivity contribution >= 4 is 12.1 Å². The summed E-state index contributed by atoms with van der Waals surface area (Å²) in [5.74, 6) is -1.07. The third kappa shape index (κ3) is 4.03. The third-order valence-corrected chi connectivity index (χ3v) is 5.35. The van der Waals surface area contributed by atoms with Gasteiger partial charge in [-0.05, 0) is 40.8 Å². The molecule has 1 amide bonds. The summed E-state index contributed by atoms with van der Waals surface area (Å²) >= 11 is 0. The fourth-order valence-electron chi connectivity index (χ4n) is 3.89. The van der Waals surface area contributed by atoms with Crippen molar-refractivity contribution in [2.75, 3.05) is 6.61 Å². The van der Waals surface area contributed by atoms with E-state index in [4.69, 9.17) is 4.74 Å². The van der Waals surface area contributed by atoms with Gasteiger partial charge in [-0.2, -0.15) is 0 Å². The zero-order chi connectivity index (χ0) is 21.1. The van der Waals surface area contributed by atoms with Gasteiger partial charge < -0.3 is 15.2 Å². The molecule has 6 nitrogen and oxygen atoms in total. The number of aliphatic carboxylic acids is 1. The molecule has 0 saturated heterocycles. The number of carboxylic acids is 1. The van der Waals surface area contributed by atoms with Crippen LogP contribution >= 0.6 is 0 Å². The number of benzene rings is 2. The van der Waals surface area contributed by atoms with Gasteiger partial charge in [0, 0.05) is 17.8 Å². The van der Waals surface area contributed by atoms with E-state index in [0.717, 1.165) is 27.9 Å². The lowest BCUT2D eigenvalue weighted by Crippen LogP contribution is -2.31. The Morgan fingerprint density at radius 2 is 1.67 bits per heavy atom. The Morgan fingerprint density at radius 3 is 2.23 bits per heavy atom. The first-order chi connectivity index (χ1) is 14.5. The Labute approximate surface area is 174 Å². The summed E-state index contributed by atoms with van der Waals surface area (Å²) in [6.07, 6.45) is 0.672. The van der Waals surface area contributed by atoms with Crippen LogP contribution in [0.1, 0.15) is 40.8 Å². The minimum Gasteiger partial charge on any atom is -0.481 e. The van der Waals surface area contributed by atoms with Crippen molar-refractivity contribution in [3.05, 3.63) is 89.2 Å². The monoisotopic (exact) mass is 402 g/mol. The second-order valence-electron chi connectivity index (χ2n) is 7.35. The number of carbonyl (C=O) groups is 2. The van der Waals surface area contributed by atoms with Crippen LogP contribution in [0, 0.1) is 6.92 Å². The van der Waals surface area contributed by atoms with Gasteiger partial charge in [0.1, 0.15) is 6.61 Å². The quantitative estimate of drug-likeness (QED) is 0.636. The van der Waals surface area contributed by atoms with Crippen LogP contribution in [0.4, 0.5) is 4.79 Å². The van der Waals surface area contributed by atoms with Crippen LogP contribution in [-0.4, -0.2) is 28.8 Å². The van der Waals surface area contributed by atoms with E-state index in [1.54, 1.807) is 18.3 Å². The van der Waals surface area contributed by atoms with Gasteiger partial charge in [0.05, 0.1) is 12.5 Å². The fraction of sp³-hybridized carbons (Fsp3) is 0.208. The molecule has 4 rings (SSSR count). The van der Waals surface area contributed by atoms with Crippen LogP contribution in [0.2, 0.25) is 0 Å². The molecule has 1 aliphatic rings. The van der Waals surface area contributed by atoms with Gasteiger partial charge in [0.25, 0.3) is 0 Å². The van der Waals surface area contributed by atoms with E-state index in [0.29, 0.717) is 5.56 Å². The number of aromatic nitrogens is 1. The third-order valence-electron chi connectivity index (χ3n) is 5.35. The number of fused-ring (bicyclic) bond motifs is 3. The van der Waals surface area contributed by atoms with Crippen LogP contribution < -0.4 is 5.32 Å². The molecule has 30 heavy (non-hydrogen) atoms. The van der Waals surface area contributed by atoms with Gasteiger partial charge in [-0.1, -0.05) is 54.6 Å². The molecule has 152 valence electrons. The lowest BCUT2D eigenvalue weighted by atomic mass is 9.98. The normalized spacial score (nSPS) is 13.2. The lowest BCUT2D eigenvalue weighted by molar-refractivity contribution is -0.137. The van der Waals surface area contributed by atoms with Gasteiger partial charge in [-0.15, -0.1) is 0 Å². The number of amides is 1. The average molecular weight is 402 g/mol. The minimum atomic E-state index is -1.01. The number of pyridine rings is 1. The van der Waals surface area contributed by atoms with Crippen LogP contribution in [0.15, 0.2) is 66.9 Å². The van der Waals surface area contributed by atoms with Crippen LogP contribution in [-0.2, 0) is 9.53 Å². The zero-order valence-electron chi connectivity index (χ0n) is 16.5. The number of hydrogen-bond donors (Lipinski definition) is 2. The molecule has 0 radical (unpaired) electrons. The van der Waals surface area contributed by atoms with Gasteiger partial charge in [-0.25, -0.2) is 4.79 Å². The smallest absolute Gasteiger partial charge is 0.407 e. The molecular weight excluding hydrogens is 380 g/mol. The molecule has 0 saturated carbocycles. The van der Waals surface area contributed by atoms with Crippen molar-refractivity contribution in [1.82, 2.24) is 10.3 Å². The summed E-state index contributed by atoms with van der Waals surface area (Å²) in [7, 11) is 0. The first kappa shape index (κ1) is 19.6. The molecule has 2 N–H and O–H groups in total. The summed E-state index contributed by atoms with van der Waals surface area (Å²) in [6.45, 7) is 2.01. The van der Waals surface area contributed by atoms with Gasteiger partial charge in [-0.3, -0.25) is 9.78 Å². The molecular formula is C24H22N2O4. The van der Waals surface area contributed by atoms with Gasteiger partial charge >= 0.3 is 12.1 Å². The molecule has 1 aromatic heterocycles. The van der Waals surface area contributed by atoms with E-state index in [9.17, 15) is 14.7 Å². The van der Waals surface area contributed by atoms with Crippen molar-refractivity contribution in [3.63, 3.8) is 0 Å². The van der Waals surface area contributed by atoms with E-state index in [1.165, 1.54) is 0 Å². The molecule has 2 aromatic carbocycles. The summed E-state index contributed by atoms with van der Waals surface area (Å²) in [5.41, 5.74) is 5.98. The summed E-state index contributed by atoms with van der Waals surface area (Å²) in [5, 5.41) is 11.9. The highest BCUT2D eigenvalue weighted by atomic mass is 16.5. The van der Waals surface area contributed by atoms with Crippen molar-refractivity contribution in [2.45, 2.75) is 25.3 Å². The van der Waals surface area contributed by atoms with E-state index < -0.39 is 18.1 Å². The number of nitrogens with one attached hydrogen (secondary N) is 1. The number of ether oxygens (including phenoxy) is 1. The fourth-order valence-corrected chi connectivity index (χ4v) is 3.89. The maximum atomic E-state index is 12.5. The molecule has 0 bridgehead atoms. The molecule has 1 unspecified atom stereocenters. The highest BCUT2D eigenvalue weighted by molar-refractivity contribution is 5.79. The lowest BCUT2D eigenvalue weighted by Gasteiger charge is -2.19. The van der Waals surface area contributed by atoms with Crippen molar-refractivity contribution < 1.29 is 19.4 Å². The number of hydrogen-bond acceptors (Lipinski definition) is 4. The molecule has 1 atom stereocenters. The van der Waals surface area contributed by atoms with E-state index >= 15 is 0 Å². The second kappa shape index (κ2) is 8.37. The number of nitrogens with zero attached hydrogens (tertiary/aromatic N) is 1. The molecule has 3 aromatic rings. The molecule has 1 aliphatic carbocycles. The Balaban J connectivity index is 1.47. The van der Waals surface area contributed by atoms with Gasteiger partial charge in [0.15, 0.2) is 0 Å². The largest absolute Gasteiger partial charge is 0.481 e. The topological polar surface area (TPSA) is 88.5 Å². The summed E-state index contributed by atoms with van der Waals surface area (Å²) in [6, 6.07) is 19.0. The molecule has 1 heterocycles. The summed E-state index contributed by atoms with van der Waals surface area (Å²) in [4.78, 5) is 28.0. The van der Waals surface area contributed by atoms with Crippen molar-refractivity contribution in [2.24, 2.45) is 0 Å². The molecule has 0 fully saturated rings. The number of aryl methyl sites for hydroxylation is 1. The highest BCUT2D eigenvalue weighted by Gasteiger charge is 2.29. The standard InChI is InChI=1S/C24H22N2O4/c1-15-10-11-16(13-25-15)22(12-23(27)28)26-24(29)30-14-21-19-8-4-2-6-17(19)18-7-3-5-9-20(18)21/h2-11,13,21-22H,12,14H2,1H3,(H,26,29)(H,27,28). The highest BCUT2D eigenvalue weighted by Crippen LogP contribution is 2.44. The first-order valence-electron chi connectivity index (χ1n) is 9.79. The second-order valence-corrected chi connectivity index (χ2v) is 7.35. The molecule has 0 spiro atoms. The maximum absolute atomic E-state index is 12.5. The van der Waals surface area contributed by atoms with Crippen molar-refractivity contribution in [3.8, 4) is 11.1 Å². The number of carboxylic acid groups (broad SMARTS) is 1. The Kier molecular flexibility index (Phi) is 5.48. The zero-order valence-corrected chi connectivity index (χ0v) is 16.5. The van der Waals surface area contributed by atoms with Crippen molar-refractivity contribution in [1.29, 1.82) is 0 Å². The Morgan fingerprint density at radius 1 is 1.03 bits per heavy atom. The van der Waals surface area contributed by atoms with E-state index in [2.05, 4.69) is 22.4 Å². The number of rotatable bonds is 6. The minimum absolute atomic E-state index is 0.0536. The summed E-state index contributed by atoms with van der Waals surface area (Å²) < 4.78 is 5.53. The molecule has 6 heteroatoms. The van der Waals surface area contributed by atoms with Crippen LogP contribution in [0.5, 0.6) is 0 Å². The van der Waals surface area contributed by atoms with Crippen LogP contribution in [0.3, 0.4) is 0 Å². The number of alkyl carbamates (subject to hydrolysis) is 1. The predicted octanol–water partition coefficient (Wildman–Crippen LogP) is 4.44. The van der Waals surface area contributed by atoms with E-state index in [-0.39, 0.29) is 18.9 Å². The Bertz CT molecular complexity index is 1030.